The van der Waals surface area contributed by atoms with Crippen LogP contribution in [0.25, 0.3) is 0 Å². The number of nitrogens with one attached hydrogen (secondary N) is 4. The topological polar surface area (TPSA) is 187 Å². The molecule has 0 bridgehead atoms. The van der Waals surface area contributed by atoms with Crippen LogP contribution in [0.2, 0.25) is 0 Å². The molecular weight excluding hydrogens is 370 g/mol. The van der Waals surface area contributed by atoms with E-state index in [2.05, 4.69) is 16.0 Å². The third-order valence-corrected chi connectivity index (χ3v) is 3.60. The summed E-state index contributed by atoms with van der Waals surface area (Å²) >= 11 is 0. The Kier molecular flexibility index (Phi) is 9.83. The van der Waals surface area contributed by atoms with E-state index in [-0.39, 0.29) is 25.5 Å². The second-order valence-corrected chi connectivity index (χ2v) is 5.82. The van der Waals surface area contributed by atoms with Crippen molar-refractivity contribution in [2.24, 2.45) is 5.73 Å². The number of aliphatic hydroxyl groups is 1. The monoisotopic (exact) mass is 395 g/mol. The molecule has 0 radical (unpaired) electrons. The van der Waals surface area contributed by atoms with Crippen LogP contribution in [-0.4, -0.2) is 59.4 Å². The lowest BCUT2D eigenvalue weighted by atomic mass is 10.1. The summed E-state index contributed by atoms with van der Waals surface area (Å²) < 4.78 is 5.07. The maximum atomic E-state index is 12.3. The minimum absolute atomic E-state index is 0.00129. The van der Waals surface area contributed by atoms with Gasteiger partial charge in [0.15, 0.2) is 5.96 Å². The molecule has 8 N–H and O–H groups in total. The molecule has 0 aliphatic rings. The van der Waals surface area contributed by atoms with Gasteiger partial charge >= 0.3 is 12.1 Å². The summed E-state index contributed by atoms with van der Waals surface area (Å²) in [4.78, 5) is 35.3. The first-order chi connectivity index (χ1) is 13.3. The SMILES string of the molecule is N=C(N)NCCC[C@H](NC(=O)OCc1ccccc1)C(=O)N[C@@H](CO)C(=O)O. The summed E-state index contributed by atoms with van der Waals surface area (Å²) in [5.41, 5.74) is 5.93. The minimum Gasteiger partial charge on any atom is -0.480 e. The molecule has 11 heteroatoms. The molecule has 0 saturated carbocycles. The van der Waals surface area contributed by atoms with Crippen molar-refractivity contribution in [3.8, 4) is 0 Å². The molecule has 0 unspecified atom stereocenters. The fourth-order valence-electron chi connectivity index (χ4n) is 2.16. The highest BCUT2D eigenvalue weighted by Gasteiger charge is 2.26. The largest absolute Gasteiger partial charge is 0.480 e. The fraction of sp³-hybridized carbons (Fsp3) is 0.412. The van der Waals surface area contributed by atoms with Crippen LogP contribution >= 0.6 is 0 Å². The number of carbonyl (C=O) groups excluding carboxylic acids is 2. The van der Waals surface area contributed by atoms with Gasteiger partial charge in [-0.2, -0.15) is 0 Å². The van der Waals surface area contributed by atoms with Crippen molar-refractivity contribution >= 4 is 23.9 Å². The van der Waals surface area contributed by atoms with Crippen LogP contribution in [0.15, 0.2) is 30.3 Å². The van der Waals surface area contributed by atoms with Crippen LogP contribution < -0.4 is 21.7 Å². The quantitative estimate of drug-likeness (QED) is 0.143. The van der Waals surface area contributed by atoms with E-state index in [0.29, 0.717) is 6.42 Å². The Balaban J connectivity index is 2.64. The first kappa shape index (κ1) is 22.7. The number of carboxylic acid groups (broad SMARTS) is 1. The second kappa shape index (κ2) is 12.1. The molecular formula is C17H25N5O6. The van der Waals surface area contributed by atoms with Gasteiger partial charge in [0.2, 0.25) is 5.91 Å². The van der Waals surface area contributed by atoms with Gasteiger partial charge in [-0.15, -0.1) is 0 Å². The number of hydrogen-bond acceptors (Lipinski definition) is 6. The van der Waals surface area contributed by atoms with Crippen LogP contribution in [0.3, 0.4) is 0 Å². The number of carboxylic acids is 1. The summed E-state index contributed by atoms with van der Waals surface area (Å²) in [6, 6.07) is 6.34. The van der Waals surface area contributed by atoms with Crippen LogP contribution in [0, 0.1) is 5.41 Å². The van der Waals surface area contributed by atoms with Gasteiger partial charge in [0.05, 0.1) is 6.61 Å². The van der Waals surface area contributed by atoms with Gasteiger partial charge in [-0.3, -0.25) is 10.2 Å². The van der Waals surface area contributed by atoms with Gasteiger partial charge in [-0.05, 0) is 18.4 Å². The Morgan fingerprint density at radius 2 is 1.82 bits per heavy atom. The molecule has 11 nitrogen and oxygen atoms in total. The molecule has 0 saturated heterocycles. The van der Waals surface area contributed by atoms with Gasteiger partial charge in [0.1, 0.15) is 18.7 Å². The molecule has 0 aliphatic carbocycles. The van der Waals surface area contributed by atoms with E-state index in [0.717, 1.165) is 5.56 Å². The van der Waals surface area contributed by atoms with E-state index in [1.807, 2.05) is 6.07 Å². The molecule has 0 aliphatic heterocycles. The molecule has 0 aromatic heterocycles. The predicted octanol–water partition coefficient (Wildman–Crippen LogP) is -0.894. The zero-order valence-electron chi connectivity index (χ0n) is 15.2. The Labute approximate surface area is 161 Å². The Morgan fingerprint density at radius 3 is 2.39 bits per heavy atom. The zero-order valence-corrected chi connectivity index (χ0v) is 15.2. The van der Waals surface area contributed by atoms with Gasteiger partial charge in [-0.25, -0.2) is 9.59 Å². The average Bonchev–Trinajstić information content (AvgIpc) is 2.66. The highest BCUT2D eigenvalue weighted by Crippen LogP contribution is 2.03. The van der Waals surface area contributed by atoms with Crippen LogP contribution in [0.1, 0.15) is 18.4 Å². The normalized spacial score (nSPS) is 12.3. The highest BCUT2D eigenvalue weighted by molar-refractivity contribution is 5.89. The highest BCUT2D eigenvalue weighted by atomic mass is 16.5. The number of hydrogen-bond donors (Lipinski definition) is 7. The summed E-state index contributed by atoms with van der Waals surface area (Å²) in [6.45, 7) is -0.512. The first-order valence-corrected chi connectivity index (χ1v) is 8.52. The van der Waals surface area contributed by atoms with E-state index >= 15 is 0 Å². The Morgan fingerprint density at radius 1 is 1.14 bits per heavy atom. The van der Waals surface area contributed by atoms with Crippen molar-refractivity contribution in [3.05, 3.63) is 35.9 Å². The maximum Gasteiger partial charge on any atom is 0.408 e. The first-order valence-electron chi connectivity index (χ1n) is 8.52. The van der Waals surface area contributed by atoms with Crippen LogP contribution in [-0.2, 0) is 20.9 Å². The smallest absolute Gasteiger partial charge is 0.408 e. The van der Waals surface area contributed by atoms with Crippen molar-refractivity contribution in [3.63, 3.8) is 0 Å². The third kappa shape index (κ3) is 8.85. The van der Waals surface area contributed by atoms with Crippen molar-refractivity contribution in [2.45, 2.75) is 31.5 Å². The van der Waals surface area contributed by atoms with Gasteiger partial charge in [0.25, 0.3) is 0 Å². The second-order valence-electron chi connectivity index (χ2n) is 5.82. The molecule has 2 atom stereocenters. The maximum absolute atomic E-state index is 12.3. The summed E-state index contributed by atoms with van der Waals surface area (Å²) in [5, 5.41) is 32.2. The standard InChI is InChI=1S/C17H25N5O6/c18-16(19)20-8-4-7-12(14(24)21-13(9-23)15(25)26)22-17(27)28-10-11-5-2-1-3-6-11/h1-3,5-6,12-13,23H,4,7-10H2,(H,21,24)(H,22,27)(H,25,26)(H4,18,19,20)/t12-,13-/m0/s1. The molecule has 28 heavy (non-hydrogen) atoms. The van der Waals surface area contributed by atoms with E-state index in [1.54, 1.807) is 24.3 Å². The van der Waals surface area contributed by atoms with Crippen molar-refractivity contribution in [2.75, 3.05) is 13.2 Å². The van der Waals surface area contributed by atoms with Crippen molar-refractivity contribution in [1.82, 2.24) is 16.0 Å². The lowest BCUT2D eigenvalue weighted by Crippen LogP contribution is -2.53. The Bertz CT molecular complexity index is 669. The number of amides is 2. The van der Waals surface area contributed by atoms with E-state index in [9.17, 15) is 14.4 Å². The van der Waals surface area contributed by atoms with E-state index in [4.69, 9.17) is 26.1 Å². The number of guanidine groups is 1. The van der Waals surface area contributed by atoms with E-state index < -0.39 is 36.7 Å². The minimum atomic E-state index is -1.49. The molecule has 0 fully saturated rings. The van der Waals surface area contributed by atoms with Crippen molar-refractivity contribution in [1.29, 1.82) is 5.41 Å². The molecule has 1 rings (SSSR count). The predicted molar refractivity (Wildman–Crippen MR) is 99.4 cm³/mol. The number of aliphatic carboxylic acids is 1. The summed E-state index contributed by atoms with van der Waals surface area (Å²) in [5.74, 6) is -2.41. The lowest BCUT2D eigenvalue weighted by Gasteiger charge is -2.20. The number of benzene rings is 1. The van der Waals surface area contributed by atoms with Gasteiger partial charge in [-0.1, -0.05) is 30.3 Å². The molecule has 1 aromatic rings. The van der Waals surface area contributed by atoms with E-state index in [1.165, 1.54) is 0 Å². The number of ether oxygens (including phenoxy) is 1. The van der Waals surface area contributed by atoms with Gasteiger partial charge < -0.3 is 36.6 Å². The molecule has 154 valence electrons. The third-order valence-electron chi connectivity index (χ3n) is 3.60. The summed E-state index contributed by atoms with van der Waals surface area (Å²) in [6.07, 6.45) is -0.364. The molecule has 2 amide bonds. The Hall–Kier alpha value is -3.34. The fourth-order valence-corrected chi connectivity index (χ4v) is 2.16. The van der Waals surface area contributed by atoms with Crippen molar-refractivity contribution < 1.29 is 29.3 Å². The number of carbonyl (C=O) groups is 3. The number of alkyl carbamates (subject to hydrolysis) is 1. The van der Waals surface area contributed by atoms with Crippen LogP contribution in [0.4, 0.5) is 4.79 Å². The number of rotatable bonds is 11. The molecule has 0 spiro atoms. The average molecular weight is 395 g/mol. The summed E-state index contributed by atoms with van der Waals surface area (Å²) in [7, 11) is 0. The number of nitrogens with two attached hydrogens (primary N) is 1. The zero-order chi connectivity index (χ0) is 20.9. The van der Waals surface area contributed by atoms with Gasteiger partial charge in [0, 0.05) is 6.54 Å². The molecule has 1 aromatic carbocycles. The lowest BCUT2D eigenvalue weighted by molar-refractivity contribution is -0.143. The molecule has 0 heterocycles. The number of aliphatic hydroxyl groups excluding tert-OH is 1. The van der Waals surface area contributed by atoms with Crippen LogP contribution in [0.5, 0.6) is 0 Å².